The molecule has 0 unspecified atom stereocenters. The van der Waals surface area contributed by atoms with Gasteiger partial charge in [0.15, 0.2) is 5.75 Å². The maximum atomic E-state index is 12.8. The van der Waals surface area contributed by atoms with Crippen LogP contribution in [0.15, 0.2) is 12.1 Å². The van der Waals surface area contributed by atoms with Crippen LogP contribution >= 0.6 is 23.2 Å². The number of amides is 1. The van der Waals surface area contributed by atoms with E-state index in [2.05, 4.69) is 16.9 Å². The van der Waals surface area contributed by atoms with Crippen LogP contribution in [0.5, 0.6) is 5.75 Å². The SMILES string of the molecule is COc1c(Cl)cc(C(=O)N2CCN(Cc3c(C)nn(C)c3C)CC2)cc1Cl. The van der Waals surface area contributed by atoms with Gasteiger partial charge in [0.05, 0.1) is 22.8 Å². The number of nitrogens with zero attached hydrogens (tertiary/aromatic N) is 4. The van der Waals surface area contributed by atoms with Gasteiger partial charge in [-0.25, -0.2) is 0 Å². The summed E-state index contributed by atoms with van der Waals surface area (Å²) in [7, 11) is 3.47. The van der Waals surface area contributed by atoms with Crippen LogP contribution in [0.2, 0.25) is 10.0 Å². The molecule has 1 aliphatic heterocycles. The Balaban J connectivity index is 1.64. The molecule has 8 heteroatoms. The molecule has 0 aliphatic carbocycles. The number of carbonyl (C=O) groups excluding carboxylic acids is 1. The second-order valence-corrected chi connectivity index (χ2v) is 7.63. The number of ether oxygens (including phenoxy) is 1. The van der Waals surface area contributed by atoms with E-state index in [0.29, 0.717) is 34.4 Å². The Labute approximate surface area is 169 Å². The summed E-state index contributed by atoms with van der Waals surface area (Å²) < 4.78 is 7.06. The second-order valence-electron chi connectivity index (χ2n) is 6.81. The summed E-state index contributed by atoms with van der Waals surface area (Å²) in [5.74, 6) is 0.330. The van der Waals surface area contributed by atoms with Crippen molar-refractivity contribution in [3.8, 4) is 5.75 Å². The first kappa shape index (κ1) is 20.0. The molecule has 27 heavy (non-hydrogen) atoms. The molecule has 2 heterocycles. The molecular formula is C19H24Cl2N4O2. The molecule has 0 spiro atoms. The second kappa shape index (κ2) is 8.09. The molecule has 1 aromatic carbocycles. The lowest BCUT2D eigenvalue weighted by Gasteiger charge is -2.35. The number of hydrogen-bond donors (Lipinski definition) is 0. The molecule has 1 fully saturated rings. The van der Waals surface area contributed by atoms with Crippen LogP contribution in [-0.4, -0.2) is 58.8 Å². The smallest absolute Gasteiger partial charge is 0.254 e. The lowest BCUT2D eigenvalue weighted by Crippen LogP contribution is -2.48. The molecule has 6 nitrogen and oxygen atoms in total. The Morgan fingerprint density at radius 1 is 1.15 bits per heavy atom. The molecule has 2 aromatic rings. The minimum Gasteiger partial charge on any atom is -0.494 e. The zero-order valence-electron chi connectivity index (χ0n) is 16.1. The van der Waals surface area contributed by atoms with Crippen molar-refractivity contribution in [1.82, 2.24) is 19.6 Å². The van der Waals surface area contributed by atoms with Crippen molar-refractivity contribution in [2.24, 2.45) is 7.05 Å². The van der Waals surface area contributed by atoms with Gasteiger partial charge >= 0.3 is 0 Å². The van der Waals surface area contributed by atoms with Gasteiger partial charge in [0.1, 0.15) is 0 Å². The summed E-state index contributed by atoms with van der Waals surface area (Å²) in [6, 6.07) is 3.23. The Morgan fingerprint density at radius 3 is 2.22 bits per heavy atom. The fourth-order valence-electron chi connectivity index (χ4n) is 3.44. The summed E-state index contributed by atoms with van der Waals surface area (Å²) in [6.45, 7) is 7.95. The van der Waals surface area contributed by atoms with Crippen LogP contribution in [0.1, 0.15) is 27.3 Å². The Kier molecular flexibility index (Phi) is 5.99. The van der Waals surface area contributed by atoms with E-state index in [1.807, 2.05) is 23.6 Å². The highest BCUT2D eigenvalue weighted by atomic mass is 35.5. The number of halogens is 2. The van der Waals surface area contributed by atoms with Crippen LogP contribution in [0, 0.1) is 13.8 Å². The number of piperazine rings is 1. The predicted molar refractivity (Wildman–Crippen MR) is 107 cm³/mol. The third-order valence-electron chi connectivity index (χ3n) is 5.15. The quantitative estimate of drug-likeness (QED) is 0.775. The van der Waals surface area contributed by atoms with Gasteiger partial charge in [-0.3, -0.25) is 14.4 Å². The van der Waals surface area contributed by atoms with Crippen molar-refractivity contribution in [2.45, 2.75) is 20.4 Å². The summed E-state index contributed by atoms with van der Waals surface area (Å²) in [4.78, 5) is 17.0. The monoisotopic (exact) mass is 410 g/mol. The minimum absolute atomic E-state index is 0.0603. The van der Waals surface area contributed by atoms with Gasteiger partial charge in [0.2, 0.25) is 0 Å². The zero-order chi connectivity index (χ0) is 19.7. The Bertz CT molecular complexity index is 835. The number of benzene rings is 1. The van der Waals surface area contributed by atoms with Crippen LogP contribution < -0.4 is 4.74 Å². The van der Waals surface area contributed by atoms with Crippen molar-refractivity contribution >= 4 is 29.1 Å². The molecule has 1 aromatic heterocycles. The molecule has 0 saturated carbocycles. The zero-order valence-corrected chi connectivity index (χ0v) is 17.6. The van der Waals surface area contributed by atoms with E-state index in [1.165, 1.54) is 18.4 Å². The number of aryl methyl sites for hydroxylation is 2. The fraction of sp³-hybridized carbons (Fsp3) is 0.474. The Hall–Kier alpha value is -1.76. The van der Waals surface area contributed by atoms with Crippen molar-refractivity contribution in [3.63, 3.8) is 0 Å². The van der Waals surface area contributed by atoms with Crippen molar-refractivity contribution in [1.29, 1.82) is 0 Å². The third-order valence-corrected chi connectivity index (χ3v) is 5.71. The number of hydrogen-bond acceptors (Lipinski definition) is 4. The summed E-state index contributed by atoms with van der Waals surface area (Å²) >= 11 is 12.3. The van der Waals surface area contributed by atoms with E-state index in [1.54, 1.807) is 12.1 Å². The van der Waals surface area contributed by atoms with Crippen LogP contribution in [-0.2, 0) is 13.6 Å². The largest absolute Gasteiger partial charge is 0.494 e. The standard InChI is InChI=1S/C19H24Cl2N4O2/c1-12-15(13(2)23(3)22-12)11-24-5-7-25(8-6-24)19(26)14-9-16(20)18(27-4)17(21)10-14/h9-10H,5-8,11H2,1-4H3. The van der Waals surface area contributed by atoms with Gasteiger partial charge in [-0.05, 0) is 26.0 Å². The molecular weight excluding hydrogens is 387 g/mol. The van der Waals surface area contributed by atoms with Gasteiger partial charge in [-0.1, -0.05) is 23.2 Å². The van der Waals surface area contributed by atoms with Crippen molar-refractivity contribution in [3.05, 3.63) is 44.7 Å². The van der Waals surface area contributed by atoms with E-state index in [-0.39, 0.29) is 5.91 Å². The number of carbonyl (C=O) groups is 1. The van der Waals surface area contributed by atoms with Gasteiger partial charge < -0.3 is 9.64 Å². The maximum Gasteiger partial charge on any atom is 0.254 e. The van der Waals surface area contributed by atoms with Crippen LogP contribution in [0.3, 0.4) is 0 Å². The van der Waals surface area contributed by atoms with Gasteiger partial charge in [0.25, 0.3) is 5.91 Å². The molecule has 0 N–H and O–H groups in total. The molecule has 146 valence electrons. The van der Waals surface area contributed by atoms with Gasteiger partial charge in [0, 0.05) is 56.6 Å². The summed E-state index contributed by atoms with van der Waals surface area (Å²) in [6.07, 6.45) is 0. The van der Waals surface area contributed by atoms with E-state index in [4.69, 9.17) is 27.9 Å². The molecule has 3 rings (SSSR count). The number of aromatic nitrogens is 2. The first-order chi connectivity index (χ1) is 12.8. The maximum absolute atomic E-state index is 12.8. The summed E-state index contributed by atoms with van der Waals surface area (Å²) in [5.41, 5.74) is 4.01. The lowest BCUT2D eigenvalue weighted by molar-refractivity contribution is 0.0628. The summed E-state index contributed by atoms with van der Waals surface area (Å²) in [5, 5.41) is 5.16. The molecule has 0 bridgehead atoms. The minimum atomic E-state index is -0.0603. The van der Waals surface area contributed by atoms with Crippen molar-refractivity contribution in [2.75, 3.05) is 33.3 Å². The average Bonchev–Trinajstić information content (AvgIpc) is 2.87. The van der Waals surface area contributed by atoms with E-state index < -0.39 is 0 Å². The highest BCUT2D eigenvalue weighted by Crippen LogP contribution is 2.34. The predicted octanol–water partition coefficient (Wildman–Crippen LogP) is 3.31. The number of rotatable bonds is 4. The van der Waals surface area contributed by atoms with E-state index in [0.717, 1.165) is 25.3 Å². The first-order valence-electron chi connectivity index (χ1n) is 8.85. The molecule has 1 saturated heterocycles. The normalized spacial score (nSPS) is 15.3. The average molecular weight is 411 g/mol. The molecule has 1 aliphatic rings. The lowest BCUT2D eigenvalue weighted by atomic mass is 10.1. The molecule has 1 amide bonds. The molecule has 0 atom stereocenters. The van der Waals surface area contributed by atoms with Crippen LogP contribution in [0.25, 0.3) is 0 Å². The topological polar surface area (TPSA) is 50.6 Å². The highest BCUT2D eigenvalue weighted by molar-refractivity contribution is 6.37. The van der Waals surface area contributed by atoms with Crippen molar-refractivity contribution < 1.29 is 9.53 Å². The fourth-order valence-corrected chi connectivity index (χ4v) is 4.08. The first-order valence-corrected chi connectivity index (χ1v) is 9.61. The van der Waals surface area contributed by atoms with Gasteiger partial charge in [-0.15, -0.1) is 0 Å². The van der Waals surface area contributed by atoms with E-state index in [9.17, 15) is 4.79 Å². The Morgan fingerprint density at radius 2 is 1.74 bits per heavy atom. The van der Waals surface area contributed by atoms with E-state index >= 15 is 0 Å². The third kappa shape index (κ3) is 4.08. The highest BCUT2D eigenvalue weighted by Gasteiger charge is 2.24. The van der Waals surface area contributed by atoms with Crippen LogP contribution in [0.4, 0.5) is 0 Å². The number of methoxy groups -OCH3 is 1. The van der Waals surface area contributed by atoms with Gasteiger partial charge in [-0.2, -0.15) is 5.10 Å². The molecule has 0 radical (unpaired) electrons.